The van der Waals surface area contributed by atoms with Gasteiger partial charge in [0.25, 0.3) is 5.91 Å². The van der Waals surface area contributed by atoms with Gasteiger partial charge in [-0.3, -0.25) is 9.59 Å². The van der Waals surface area contributed by atoms with E-state index in [0.717, 1.165) is 54.0 Å². The van der Waals surface area contributed by atoms with Crippen LogP contribution in [0.5, 0.6) is 0 Å². The van der Waals surface area contributed by atoms with E-state index < -0.39 is 0 Å². The summed E-state index contributed by atoms with van der Waals surface area (Å²) >= 11 is 0. The Morgan fingerprint density at radius 1 is 0.933 bits per heavy atom. The third-order valence-corrected chi connectivity index (χ3v) is 5.98. The van der Waals surface area contributed by atoms with E-state index in [1.165, 1.54) is 32.1 Å². The summed E-state index contributed by atoms with van der Waals surface area (Å²) in [6.07, 6.45) is 8.97. The first-order valence-corrected chi connectivity index (χ1v) is 11.6. The summed E-state index contributed by atoms with van der Waals surface area (Å²) in [6.45, 7) is 11.1. The van der Waals surface area contributed by atoms with Gasteiger partial charge in [-0.2, -0.15) is 0 Å². The number of hydrogen-bond acceptors (Lipinski definition) is 2. The number of para-hydroxylation sites is 1. The summed E-state index contributed by atoms with van der Waals surface area (Å²) in [5.41, 5.74) is 4.80. The molecule has 1 aromatic heterocycles. The van der Waals surface area contributed by atoms with Gasteiger partial charge in [0.15, 0.2) is 5.43 Å². The van der Waals surface area contributed by atoms with Crippen molar-refractivity contribution in [1.29, 1.82) is 0 Å². The SMILES string of the molecule is CCCCCCCCn1c(C)cc(=O)c(C(=O)Nc2c(CC)cccc2CC)c1C. The Kier molecular flexibility index (Phi) is 9.35. The molecular weight excluding hydrogens is 372 g/mol. The van der Waals surface area contributed by atoms with Crippen LogP contribution in [-0.2, 0) is 19.4 Å². The minimum atomic E-state index is -0.301. The second-order valence-electron chi connectivity index (χ2n) is 8.14. The number of amides is 1. The molecule has 0 saturated carbocycles. The number of pyridine rings is 1. The minimum absolute atomic E-state index is 0.200. The maximum Gasteiger partial charge on any atom is 0.261 e. The van der Waals surface area contributed by atoms with E-state index in [4.69, 9.17) is 0 Å². The van der Waals surface area contributed by atoms with Gasteiger partial charge in [0.05, 0.1) is 0 Å². The van der Waals surface area contributed by atoms with Crippen LogP contribution in [-0.4, -0.2) is 10.5 Å². The molecule has 0 atom stereocenters. The number of nitrogens with one attached hydrogen (secondary N) is 1. The zero-order valence-electron chi connectivity index (χ0n) is 19.4. The fourth-order valence-electron chi connectivity index (χ4n) is 4.17. The van der Waals surface area contributed by atoms with Crippen LogP contribution in [0.3, 0.4) is 0 Å². The zero-order valence-corrected chi connectivity index (χ0v) is 19.4. The van der Waals surface area contributed by atoms with E-state index in [2.05, 4.69) is 30.7 Å². The fraction of sp³-hybridized carbons (Fsp3) is 0.538. The molecule has 0 spiro atoms. The van der Waals surface area contributed by atoms with Gasteiger partial charge in [-0.1, -0.05) is 71.1 Å². The van der Waals surface area contributed by atoms with Crippen molar-refractivity contribution >= 4 is 11.6 Å². The summed E-state index contributed by atoms with van der Waals surface area (Å²) < 4.78 is 2.13. The number of rotatable bonds is 11. The van der Waals surface area contributed by atoms with E-state index in [9.17, 15) is 9.59 Å². The smallest absolute Gasteiger partial charge is 0.261 e. The molecule has 0 unspecified atom stereocenters. The number of aromatic nitrogens is 1. The van der Waals surface area contributed by atoms with E-state index >= 15 is 0 Å². The second kappa shape index (κ2) is 11.7. The summed E-state index contributed by atoms with van der Waals surface area (Å²) in [5, 5.41) is 3.06. The molecule has 0 bridgehead atoms. The first-order valence-electron chi connectivity index (χ1n) is 11.6. The van der Waals surface area contributed by atoms with E-state index in [0.29, 0.717) is 0 Å². The Hall–Kier alpha value is -2.36. The Morgan fingerprint density at radius 3 is 2.13 bits per heavy atom. The summed E-state index contributed by atoms with van der Waals surface area (Å²) in [4.78, 5) is 25.9. The molecule has 2 rings (SSSR count). The number of nitrogens with zero attached hydrogens (tertiary/aromatic N) is 1. The Balaban J connectivity index is 2.25. The maximum atomic E-state index is 13.2. The molecule has 0 radical (unpaired) electrons. The number of aryl methyl sites for hydroxylation is 3. The molecule has 2 aromatic rings. The summed E-state index contributed by atoms with van der Waals surface area (Å²) in [7, 11) is 0. The van der Waals surface area contributed by atoms with Crippen LogP contribution in [0.15, 0.2) is 29.1 Å². The van der Waals surface area contributed by atoms with Gasteiger partial charge >= 0.3 is 0 Å². The van der Waals surface area contributed by atoms with Gasteiger partial charge in [0.2, 0.25) is 0 Å². The maximum absolute atomic E-state index is 13.2. The lowest BCUT2D eigenvalue weighted by atomic mass is 10.0. The molecule has 0 saturated heterocycles. The highest BCUT2D eigenvalue weighted by atomic mass is 16.2. The largest absolute Gasteiger partial charge is 0.348 e. The van der Waals surface area contributed by atoms with Gasteiger partial charge in [0.1, 0.15) is 5.56 Å². The van der Waals surface area contributed by atoms with Crippen molar-refractivity contribution in [1.82, 2.24) is 4.57 Å². The second-order valence-corrected chi connectivity index (χ2v) is 8.14. The average Bonchev–Trinajstić information content (AvgIpc) is 2.72. The van der Waals surface area contributed by atoms with Crippen molar-refractivity contribution in [2.24, 2.45) is 0 Å². The van der Waals surface area contributed by atoms with Gasteiger partial charge in [-0.05, 0) is 44.2 Å². The number of carbonyl (C=O) groups is 1. The zero-order chi connectivity index (χ0) is 22.1. The normalized spacial score (nSPS) is 11.0. The highest BCUT2D eigenvalue weighted by Crippen LogP contribution is 2.23. The minimum Gasteiger partial charge on any atom is -0.348 e. The lowest BCUT2D eigenvalue weighted by Crippen LogP contribution is -2.27. The van der Waals surface area contributed by atoms with E-state index in [1.54, 1.807) is 6.07 Å². The Morgan fingerprint density at radius 2 is 1.53 bits per heavy atom. The molecule has 0 aliphatic carbocycles. The van der Waals surface area contributed by atoms with Crippen molar-refractivity contribution in [3.8, 4) is 0 Å². The van der Waals surface area contributed by atoms with E-state index in [1.807, 2.05) is 32.0 Å². The molecule has 1 aromatic carbocycles. The number of hydrogen-bond donors (Lipinski definition) is 1. The Bertz CT molecular complexity index is 890. The predicted molar refractivity (Wildman–Crippen MR) is 127 cm³/mol. The van der Waals surface area contributed by atoms with Crippen molar-refractivity contribution in [3.05, 3.63) is 62.6 Å². The molecule has 164 valence electrons. The van der Waals surface area contributed by atoms with Crippen LogP contribution in [0.2, 0.25) is 0 Å². The lowest BCUT2D eigenvalue weighted by molar-refractivity contribution is 0.102. The van der Waals surface area contributed by atoms with Crippen LogP contribution in [0.1, 0.15) is 92.2 Å². The molecule has 4 heteroatoms. The number of unbranched alkanes of at least 4 members (excludes halogenated alkanes) is 5. The first kappa shape index (κ1) is 23.9. The number of carbonyl (C=O) groups excluding carboxylic acids is 1. The van der Waals surface area contributed by atoms with E-state index in [-0.39, 0.29) is 16.9 Å². The highest BCUT2D eigenvalue weighted by Gasteiger charge is 2.19. The molecule has 30 heavy (non-hydrogen) atoms. The molecule has 1 heterocycles. The Labute approximate surface area is 181 Å². The topological polar surface area (TPSA) is 51.1 Å². The molecule has 0 fully saturated rings. The quantitative estimate of drug-likeness (QED) is 0.448. The predicted octanol–water partition coefficient (Wildman–Crippen LogP) is 6.20. The van der Waals surface area contributed by atoms with Crippen LogP contribution in [0.25, 0.3) is 0 Å². The van der Waals surface area contributed by atoms with Gasteiger partial charge in [0, 0.05) is 29.7 Å². The lowest BCUT2D eigenvalue weighted by Gasteiger charge is -2.19. The van der Waals surface area contributed by atoms with Gasteiger partial charge < -0.3 is 9.88 Å². The van der Waals surface area contributed by atoms with Crippen LogP contribution >= 0.6 is 0 Å². The molecular formula is C26H38N2O2. The standard InChI is InChI=1S/C26H38N2O2/c1-6-9-10-11-12-13-17-28-19(4)18-23(29)24(20(28)5)26(30)27-25-21(7-2)15-14-16-22(25)8-3/h14-16,18H,6-13,17H2,1-5H3,(H,27,30). The van der Waals surface area contributed by atoms with Crippen molar-refractivity contribution in [2.75, 3.05) is 5.32 Å². The number of anilines is 1. The monoisotopic (exact) mass is 410 g/mol. The molecule has 0 aliphatic rings. The molecule has 1 amide bonds. The third-order valence-electron chi connectivity index (χ3n) is 5.98. The van der Waals surface area contributed by atoms with Crippen molar-refractivity contribution < 1.29 is 4.79 Å². The first-order chi connectivity index (χ1) is 14.4. The summed E-state index contributed by atoms with van der Waals surface area (Å²) in [5.74, 6) is -0.301. The van der Waals surface area contributed by atoms with Gasteiger partial charge in [-0.15, -0.1) is 0 Å². The van der Waals surface area contributed by atoms with Crippen LogP contribution in [0, 0.1) is 13.8 Å². The fourth-order valence-corrected chi connectivity index (χ4v) is 4.17. The molecule has 1 N–H and O–H groups in total. The molecule has 4 nitrogen and oxygen atoms in total. The molecule has 0 aliphatic heterocycles. The van der Waals surface area contributed by atoms with Crippen LogP contribution < -0.4 is 10.7 Å². The number of benzene rings is 1. The summed E-state index contributed by atoms with van der Waals surface area (Å²) in [6, 6.07) is 7.70. The third kappa shape index (κ3) is 5.84. The van der Waals surface area contributed by atoms with Gasteiger partial charge in [-0.25, -0.2) is 0 Å². The highest BCUT2D eigenvalue weighted by molar-refractivity contribution is 6.05. The van der Waals surface area contributed by atoms with Crippen LogP contribution in [0.4, 0.5) is 5.69 Å². The average molecular weight is 411 g/mol. The van der Waals surface area contributed by atoms with Crippen molar-refractivity contribution in [2.45, 2.75) is 92.5 Å². The van der Waals surface area contributed by atoms with Crippen molar-refractivity contribution in [3.63, 3.8) is 0 Å².